The first-order valence-electron chi connectivity index (χ1n) is 3.86. The maximum Gasteiger partial charge on any atom is 0.137 e. The van der Waals surface area contributed by atoms with Crippen LogP contribution in [0.3, 0.4) is 0 Å². The first kappa shape index (κ1) is 9.42. The monoisotopic (exact) mass is 185 g/mol. The molecule has 0 saturated heterocycles. The van der Waals surface area contributed by atoms with Crippen LogP contribution < -0.4 is 5.73 Å². The molecule has 1 aromatic heterocycles. The third-order valence-corrected chi connectivity index (χ3v) is 1.89. The van der Waals surface area contributed by atoms with Crippen molar-refractivity contribution in [1.29, 1.82) is 0 Å². The molecule has 0 amide bonds. The molecule has 1 rings (SSSR count). The number of aromatic nitrogens is 2. The van der Waals surface area contributed by atoms with Crippen molar-refractivity contribution in [3.05, 3.63) is 22.7 Å². The van der Waals surface area contributed by atoms with Gasteiger partial charge in [0.25, 0.3) is 0 Å². The molecule has 0 radical (unpaired) electrons. The van der Waals surface area contributed by atoms with E-state index in [2.05, 4.69) is 9.97 Å². The molecule has 0 saturated carbocycles. The molecule has 0 atom stereocenters. The molecule has 0 aliphatic carbocycles. The van der Waals surface area contributed by atoms with Crippen molar-refractivity contribution in [2.45, 2.75) is 26.3 Å². The Bertz CT molecular complexity index is 273. The lowest BCUT2D eigenvalue weighted by Gasteiger charge is -2.05. The van der Waals surface area contributed by atoms with Gasteiger partial charge < -0.3 is 5.73 Å². The molecule has 0 bridgehead atoms. The van der Waals surface area contributed by atoms with Crippen LogP contribution in [0, 0.1) is 0 Å². The van der Waals surface area contributed by atoms with Crippen molar-refractivity contribution in [1.82, 2.24) is 9.97 Å². The van der Waals surface area contributed by atoms with Crippen molar-refractivity contribution >= 4 is 11.6 Å². The van der Waals surface area contributed by atoms with Crippen molar-refractivity contribution in [2.24, 2.45) is 5.73 Å². The maximum absolute atomic E-state index is 5.84. The molecule has 0 unspecified atom stereocenters. The Hall–Kier alpha value is -0.670. The summed E-state index contributed by atoms with van der Waals surface area (Å²) in [6.45, 7) is 4.43. The number of rotatable bonds is 2. The highest BCUT2D eigenvalue weighted by molar-refractivity contribution is 6.30. The minimum Gasteiger partial charge on any atom is -0.326 e. The summed E-state index contributed by atoms with van der Waals surface area (Å²) < 4.78 is 0. The van der Waals surface area contributed by atoms with Gasteiger partial charge in [0.1, 0.15) is 11.0 Å². The minimum absolute atomic E-state index is 0.300. The average Bonchev–Trinajstić information content (AvgIpc) is 2.04. The van der Waals surface area contributed by atoms with Crippen LogP contribution in [0.5, 0.6) is 0 Å². The molecular weight excluding hydrogens is 174 g/mol. The Morgan fingerprint density at radius 3 is 2.67 bits per heavy atom. The summed E-state index contributed by atoms with van der Waals surface area (Å²) in [7, 11) is 0. The fourth-order valence-electron chi connectivity index (χ4n) is 0.814. The van der Waals surface area contributed by atoms with Gasteiger partial charge in [0.05, 0.1) is 0 Å². The number of hydrogen-bond donors (Lipinski definition) is 1. The van der Waals surface area contributed by atoms with Gasteiger partial charge in [-0.25, -0.2) is 9.97 Å². The molecule has 12 heavy (non-hydrogen) atoms. The Morgan fingerprint density at radius 2 is 2.25 bits per heavy atom. The van der Waals surface area contributed by atoms with E-state index >= 15 is 0 Å². The van der Waals surface area contributed by atoms with Crippen LogP contribution in [-0.4, -0.2) is 9.97 Å². The Labute approximate surface area is 77.0 Å². The number of halogens is 1. The summed E-state index contributed by atoms with van der Waals surface area (Å²) in [6.07, 6.45) is 1.69. The van der Waals surface area contributed by atoms with Gasteiger partial charge in [-0.1, -0.05) is 25.4 Å². The zero-order chi connectivity index (χ0) is 9.14. The number of nitrogens with two attached hydrogens (primary N) is 1. The highest BCUT2D eigenvalue weighted by Gasteiger charge is 2.05. The van der Waals surface area contributed by atoms with E-state index in [0.29, 0.717) is 17.6 Å². The predicted molar refractivity (Wildman–Crippen MR) is 49.0 cm³/mol. The normalized spacial score (nSPS) is 10.8. The van der Waals surface area contributed by atoms with Crippen LogP contribution in [0.1, 0.15) is 31.2 Å². The predicted octanol–water partition coefficient (Wildman–Crippen LogP) is 1.71. The zero-order valence-corrected chi connectivity index (χ0v) is 7.97. The van der Waals surface area contributed by atoms with E-state index in [0.717, 1.165) is 11.4 Å². The van der Waals surface area contributed by atoms with Gasteiger partial charge in [-0.15, -0.1) is 0 Å². The fourth-order valence-corrected chi connectivity index (χ4v) is 1.03. The Balaban J connectivity index is 3.02. The molecule has 0 aliphatic heterocycles. The minimum atomic E-state index is 0.300. The van der Waals surface area contributed by atoms with E-state index in [9.17, 15) is 0 Å². The summed E-state index contributed by atoms with van der Waals surface area (Å²) in [6, 6.07) is 0. The topological polar surface area (TPSA) is 51.8 Å². The van der Waals surface area contributed by atoms with Crippen LogP contribution >= 0.6 is 11.6 Å². The molecule has 0 fully saturated rings. The molecule has 2 N–H and O–H groups in total. The second-order valence-corrected chi connectivity index (χ2v) is 3.26. The standard InChI is InChI=1S/C8H12ClN3/c1-5(2)8-11-4-6(3-10)7(9)12-8/h4-5H,3,10H2,1-2H3. The van der Waals surface area contributed by atoms with Crippen molar-refractivity contribution in [3.63, 3.8) is 0 Å². The summed E-state index contributed by atoms with van der Waals surface area (Å²) in [5.74, 6) is 1.06. The van der Waals surface area contributed by atoms with E-state index in [1.807, 2.05) is 13.8 Å². The van der Waals surface area contributed by atoms with Gasteiger partial charge in [-0.2, -0.15) is 0 Å². The van der Waals surface area contributed by atoms with E-state index in [1.54, 1.807) is 6.20 Å². The van der Waals surface area contributed by atoms with Gasteiger partial charge in [-0.05, 0) is 0 Å². The average molecular weight is 186 g/mol. The SMILES string of the molecule is CC(C)c1ncc(CN)c(Cl)n1. The van der Waals surface area contributed by atoms with Crippen LogP contribution in [0.2, 0.25) is 5.15 Å². The van der Waals surface area contributed by atoms with Crippen LogP contribution in [0.15, 0.2) is 6.20 Å². The molecule has 4 heteroatoms. The van der Waals surface area contributed by atoms with Gasteiger partial charge in [0.15, 0.2) is 0 Å². The van der Waals surface area contributed by atoms with Crippen LogP contribution in [0.4, 0.5) is 0 Å². The molecule has 66 valence electrons. The Morgan fingerprint density at radius 1 is 1.58 bits per heavy atom. The van der Waals surface area contributed by atoms with E-state index in [4.69, 9.17) is 17.3 Å². The smallest absolute Gasteiger partial charge is 0.137 e. The molecular formula is C8H12ClN3. The molecule has 3 nitrogen and oxygen atoms in total. The summed E-state index contributed by atoms with van der Waals surface area (Å²) in [5, 5.41) is 0.469. The van der Waals surface area contributed by atoms with Crippen molar-refractivity contribution in [3.8, 4) is 0 Å². The van der Waals surface area contributed by atoms with E-state index in [-0.39, 0.29) is 0 Å². The lowest BCUT2D eigenvalue weighted by molar-refractivity contribution is 0.767. The molecule has 1 heterocycles. The lowest BCUT2D eigenvalue weighted by Crippen LogP contribution is -2.04. The first-order valence-corrected chi connectivity index (χ1v) is 4.24. The van der Waals surface area contributed by atoms with E-state index < -0.39 is 0 Å². The van der Waals surface area contributed by atoms with Crippen LogP contribution in [-0.2, 0) is 6.54 Å². The zero-order valence-electron chi connectivity index (χ0n) is 7.21. The van der Waals surface area contributed by atoms with Gasteiger partial charge in [0, 0.05) is 24.2 Å². The largest absolute Gasteiger partial charge is 0.326 e. The summed E-state index contributed by atoms with van der Waals surface area (Å²) in [4.78, 5) is 8.25. The molecule has 0 spiro atoms. The van der Waals surface area contributed by atoms with Gasteiger partial charge >= 0.3 is 0 Å². The fraction of sp³-hybridized carbons (Fsp3) is 0.500. The van der Waals surface area contributed by atoms with Crippen molar-refractivity contribution in [2.75, 3.05) is 0 Å². The first-order chi connectivity index (χ1) is 5.65. The molecule has 0 aromatic carbocycles. The van der Waals surface area contributed by atoms with Gasteiger partial charge in [0.2, 0.25) is 0 Å². The second-order valence-electron chi connectivity index (χ2n) is 2.90. The maximum atomic E-state index is 5.84. The summed E-state index contributed by atoms with van der Waals surface area (Å²) in [5.41, 5.74) is 6.21. The highest BCUT2D eigenvalue weighted by atomic mass is 35.5. The van der Waals surface area contributed by atoms with Crippen LogP contribution in [0.25, 0.3) is 0 Å². The summed E-state index contributed by atoms with van der Waals surface area (Å²) >= 11 is 5.84. The van der Waals surface area contributed by atoms with Crippen molar-refractivity contribution < 1.29 is 0 Å². The highest BCUT2D eigenvalue weighted by Crippen LogP contribution is 2.15. The third-order valence-electron chi connectivity index (χ3n) is 1.57. The van der Waals surface area contributed by atoms with Gasteiger partial charge in [-0.3, -0.25) is 0 Å². The second kappa shape index (κ2) is 3.83. The molecule has 0 aliphatic rings. The third kappa shape index (κ3) is 1.93. The lowest BCUT2D eigenvalue weighted by atomic mass is 10.2. The molecule has 1 aromatic rings. The van der Waals surface area contributed by atoms with E-state index in [1.165, 1.54) is 0 Å². The number of hydrogen-bond acceptors (Lipinski definition) is 3. The quantitative estimate of drug-likeness (QED) is 0.714. The Kier molecular flexibility index (Phi) is 3.00. The number of nitrogens with zero attached hydrogens (tertiary/aromatic N) is 2.